The highest BCUT2D eigenvalue weighted by molar-refractivity contribution is 6.30. The average molecular weight is 277 g/mol. The van der Waals surface area contributed by atoms with Crippen LogP contribution in [0.3, 0.4) is 0 Å². The molecule has 1 saturated carbocycles. The third-order valence-corrected chi connectivity index (χ3v) is 3.89. The second-order valence-electron chi connectivity index (χ2n) is 5.14. The maximum atomic E-state index is 6.02. The first-order valence-corrected chi connectivity index (χ1v) is 6.92. The lowest BCUT2D eigenvalue weighted by Crippen LogP contribution is -2.39. The van der Waals surface area contributed by atoms with Gasteiger partial charge >= 0.3 is 0 Å². The summed E-state index contributed by atoms with van der Waals surface area (Å²) < 4.78 is 1.73. The van der Waals surface area contributed by atoms with Crippen molar-refractivity contribution in [2.75, 3.05) is 0 Å². The van der Waals surface area contributed by atoms with Crippen LogP contribution in [0.25, 0.3) is 0 Å². The van der Waals surface area contributed by atoms with Crippen molar-refractivity contribution < 1.29 is 0 Å². The van der Waals surface area contributed by atoms with Crippen molar-refractivity contribution in [3.8, 4) is 0 Å². The highest BCUT2D eigenvalue weighted by Gasteiger charge is 2.30. The molecule has 1 N–H and O–H groups in total. The van der Waals surface area contributed by atoms with Crippen LogP contribution in [0.2, 0.25) is 5.02 Å². The standard InChI is InChI=1S/C14H17ClN4/c1-19-9-17-14(18-19)8-16-13-6-11(7-13)10-3-2-4-12(15)5-10/h2-5,9,11,13,16H,6-8H2,1H3. The Balaban J connectivity index is 1.48. The van der Waals surface area contributed by atoms with Crippen LogP contribution in [0.1, 0.15) is 30.1 Å². The molecule has 5 heteroatoms. The van der Waals surface area contributed by atoms with Gasteiger partial charge in [-0.25, -0.2) is 4.98 Å². The molecule has 0 saturated heterocycles. The summed E-state index contributed by atoms with van der Waals surface area (Å²) in [5.74, 6) is 1.49. The highest BCUT2D eigenvalue weighted by Crippen LogP contribution is 2.37. The molecule has 3 rings (SSSR count). The zero-order valence-electron chi connectivity index (χ0n) is 10.9. The quantitative estimate of drug-likeness (QED) is 0.933. The van der Waals surface area contributed by atoms with Crippen molar-refractivity contribution in [1.29, 1.82) is 0 Å². The van der Waals surface area contributed by atoms with Gasteiger partial charge in [-0.3, -0.25) is 4.68 Å². The molecular formula is C14H17ClN4. The lowest BCUT2D eigenvalue weighted by atomic mass is 9.76. The van der Waals surface area contributed by atoms with Crippen LogP contribution in [0, 0.1) is 0 Å². The molecule has 0 atom stereocenters. The molecule has 4 nitrogen and oxygen atoms in total. The van der Waals surface area contributed by atoms with Gasteiger partial charge in [0.2, 0.25) is 0 Å². The van der Waals surface area contributed by atoms with Crippen LogP contribution in [0.15, 0.2) is 30.6 Å². The minimum absolute atomic E-state index is 0.563. The number of hydrogen-bond acceptors (Lipinski definition) is 3. The number of halogens is 1. The van der Waals surface area contributed by atoms with Crippen LogP contribution in [-0.2, 0) is 13.6 Å². The summed E-state index contributed by atoms with van der Waals surface area (Å²) in [5.41, 5.74) is 1.35. The summed E-state index contributed by atoms with van der Waals surface area (Å²) in [6.07, 6.45) is 4.05. The molecule has 1 aromatic carbocycles. The summed E-state index contributed by atoms with van der Waals surface area (Å²) >= 11 is 6.02. The van der Waals surface area contributed by atoms with E-state index in [1.807, 2.05) is 19.2 Å². The number of hydrogen-bond donors (Lipinski definition) is 1. The van der Waals surface area contributed by atoms with Crippen LogP contribution in [0.5, 0.6) is 0 Å². The van der Waals surface area contributed by atoms with Crippen molar-refractivity contribution in [3.05, 3.63) is 47.0 Å². The first-order chi connectivity index (χ1) is 9.20. The lowest BCUT2D eigenvalue weighted by molar-refractivity contribution is 0.287. The topological polar surface area (TPSA) is 42.7 Å². The van der Waals surface area contributed by atoms with Gasteiger partial charge in [-0.15, -0.1) is 0 Å². The number of benzene rings is 1. The molecule has 0 amide bonds. The van der Waals surface area contributed by atoms with Gasteiger partial charge in [0, 0.05) is 18.1 Å². The largest absolute Gasteiger partial charge is 0.307 e. The van der Waals surface area contributed by atoms with Gasteiger partial charge in [0.25, 0.3) is 0 Å². The van der Waals surface area contributed by atoms with Gasteiger partial charge < -0.3 is 5.32 Å². The Labute approximate surface area is 117 Å². The average Bonchev–Trinajstić information content (AvgIpc) is 2.73. The van der Waals surface area contributed by atoms with Crippen molar-refractivity contribution in [2.24, 2.45) is 7.05 Å². The minimum Gasteiger partial charge on any atom is -0.307 e. The first kappa shape index (κ1) is 12.6. The predicted octanol–water partition coefficient (Wildman–Crippen LogP) is 2.50. The summed E-state index contributed by atoms with van der Waals surface area (Å²) in [6, 6.07) is 8.74. The van der Waals surface area contributed by atoms with E-state index in [2.05, 4.69) is 27.5 Å². The summed E-state index contributed by atoms with van der Waals surface area (Å²) in [4.78, 5) is 4.21. The van der Waals surface area contributed by atoms with E-state index in [9.17, 15) is 0 Å². The van der Waals surface area contributed by atoms with E-state index in [1.165, 1.54) is 5.56 Å². The van der Waals surface area contributed by atoms with Gasteiger partial charge in [-0.1, -0.05) is 23.7 Å². The molecule has 0 unspecified atom stereocenters. The van der Waals surface area contributed by atoms with Crippen molar-refractivity contribution in [3.63, 3.8) is 0 Å². The highest BCUT2D eigenvalue weighted by atomic mass is 35.5. The first-order valence-electron chi connectivity index (χ1n) is 6.54. The third-order valence-electron chi connectivity index (χ3n) is 3.65. The van der Waals surface area contributed by atoms with E-state index < -0.39 is 0 Å². The number of rotatable bonds is 4. The van der Waals surface area contributed by atoms with E-state index >= 15 is 0 Å². The monoisotopic (exact) mass is 276 g/mol. The van der Waals surface area contributed by atoms with Crippen LogP contribution in [-0.4, -0.2) is 20.8 Å². The Morgan fingerprint density at radius 1 is 1.42 bits per heavy atom. The predicted molar refractivity (Wildman–Crippen MR) is 75.1 cm³/mol. The summed E-state index contributed by atoms with van der Waals surface area (Å²) in [5, 5.41) is 8.57. The summed E-state index contributed by atoms with van der Waals surface area (Å²) in [6.45, 7) is 0.744. The molecule has 19 heavy (non-hydrogen) atoms. The molecule has 0 aliphatic heterocycles. The Morgan fingerprint density at radius 2 is 2.26 bits per heavy atom. The fourth-order valence-corrected chi connectivity index (χ4v) is 2.72. The second kappa shape index (κ2) is 5.31. The van der Waals surface area contributed by atoms with E-state index in [4.69, 9.17) is 11.6 Å². The Bertz CT molecular complexity index is 560. The number of nitrogens with zero attached hydrogens (tertiary/aromatic N) is 3. The molecule has 1 heterocycles. The molecule has 1 aromatic heterocycles. The minimum atomic E-state index is 0.563. The molecule has 100 valence electrons. The Kier molecular flexibility index (Phi) is 3.53. The van der Waals surface area contributed by atoms with Gasteiger partial charge in [-0.05, 0) is 36.5 Å². The zero-order chi connectivity index (χ0) is 13.2. The van der Waals surface area contributed by atoms with Crippen LogP contribution >= 0.6 is 11.6 Å². The van der Waals surface area contributed by atoms with Crippen LogP contribution < -0.4 is 5.32 Å². The summed E-state index contributed by atoms with van der Waals surface area (Å²) in [7, 11) is 1.88. The molecule has 0 spiro atoms. The second-order valence-corrected chi connectivity index (χ2v) is 5.57. The molecule has 0 radical (unpaired) electrons. The number of nitrogens with one attached hydrogen (secondary N) is 1. The molecule has 1 aliphatic carbocycles. The van der Waals surface area contributed by atoms with E-state index in [1.54, 1.807) is 11.0 Å². The smallest absolute Gasteiger partial charge is 0.164 e. The Hall–Kier alpha value is -1.39. The van der Waals surface area contributed by atoms with Gasteiger partial charge in [0.05, 0.1) is 6.54 Å². The van der Waals surface area contributed by atoms with Crippen LogP contribution in [0.4, 0.5) is 0 Å². The third kappa shape index (κ3) is 2.96. The van der Waals surface area contributed by atoms with Gasteiger partial charge in [-0.2, -0.15) is 5.10 Å². The van der Waals surface area contributed by atoms with E-state index in [0.717, 1.165) is 30.2 Å². The zero-order valence-corrected chi connectivity index (χ0v) is 11.6. The van der Waals surface area contributed by atoms with Crippen molar-refractivity contribution in [2.45, 2.75) is 31.3 Å². The van der Waals surface area contributed by atoms with Gasteiger partial charge in [0.15, 0.2) is 5.82 Å². The van der Waals surface area contributed by atoms with Crippen molar-refractivity contribution in [1.82, 2.24) is 20.1 Å². The SMILES string of the molecule is Cn1cnc(CNC2CC(c3cccc(Cl)c3)C2)n1. The number of aromatic nitrogens is 3. The van der Waals surface area contributed by atoms with Gasteiger partial charge in [0.1, 0.15) is 6.33 Å². The normalized spacial score (nSPS) is 22.2. The fourth-order valence-electron chi connectivity index (χ4n) is 2.52. The molecular weight excluding hydrogens is 260 g/mol. The maximum Gasteiger partial charge on any atom is 0.164 e. The maximum absolute atomic E-state index is 6.02. The van der Waals surface area contributed by atoms with E-state index in [-0.39, 0.29) is 0 Å². The molecule has 1 aliphatic rings. The molecule has 0 bridgehead atoms. The fraction of sp³-hybridized carbons (Fsp3) is 0.429. The molecule has 1 fully saturated rings. The van der Waals surface area contributed by atoms with Crippen molar-refractivity contribution >= 4 is 11.6 Å². The van der Waals surface area contributed by atoms with E-state index in [0.29, 0.717) is 12.0 Å². The Morgan fingerprint density at radius 3 is 2.95 bits per heavy atom. The lowest BCUT2D eigenvalue weighted by Gasteiger charge is -2.36. The number of aryl methyl sites for hydroxylation is 1. The molecule has 2 aromatic rings.